The van der Waals surface area contributed by atoms with Crippen molar-refractivity contribution in [2.24, 2.45) is 0 Å². The molecule has 102 valence electrons. The lowest BCUT2D eigenvalue weighted by atomic mass is 10.2. The largest absolute Gasteiger partial charge is 0.486 e. The van der Waals surface area contributed by atoms with E-state index in [-0.39, 0.29) is 13.2 Å². The van der Waals surface area contributed by atoms with Gasteiger partial charge in [0.25, 0.3) is 0 Å². The number of aliphatic hydroxyl groups excluding tert-OH is 1. The van der Waals surface area contributed by atoms with E-state index in [1.165, 1.54) is 18.2 Å². The lowest BCUT2D eigenvalue weighted by molar-refractivity contribution is 0.299. The molecular weight excluding hydrogens is 257 g/mol. The first kappa shape index (κ1) is 14.0. The molecule has 0 spiro atoms. The quantitative estimate of drug-likeness (QED) is 0.872. The molecule has 1 N–H and O–H groups in total. The second-order valence-electron chi connectivity index (χ2n) is 4.16. The number of aryl methyl sites for hydroxylation is 1. The van der Waals surface area contributed by atoms with Crippen molar-refractivity contribution in [3.8, 4) is 17.6 Å². The Hall–Kier alpha value is -2.38. The van der Waals surface area contributed by atoms with Crippen molar-refractivity contribution in [3.05, 3.63) is 59.2 Å². The first-order valence-electron chi connectivity index (χ1n) is 6.13. The molecule has 1 heterocycles. The van der Waals surface area contributed by atoms with Crippen LogP contribution in [0.15, 0.2) is 36.5 Å². The van der Waals surface area contributed by atoms with Gasteiger partial charge in [0, 0.05) is 6.20 Å². The van der Waals surface area contributed by atoms with Crippen LogP contribution in [-0.2, 0) is 6.61 Å². The summed E-state index contributed by atoms with van der Waals surface area (Å²) in [6.45, 7) is 1.95. The molecule has 0 atom stereocenters. The SMILES string of the molecule is Cc1cccnc1COc1ccc(F)cc1C#CCO. The van der Waals surface area contributed by atoms with Gasteiger partial charge < -0.3 is 9.84 Å². The zero-order valence-corrected chi connectivity index (χ0v) is 11.1. The third-order valence-electron chi connectivity index (χ3n) is 2.73. The minimum absolute atomic E-state index is 0.282. The third-order valence-corrected chi connectivity index (χ3v) is 2.73. The topological polar surface area (TPSA) is 42.4 Å². The summed E-state index contributed by atoms with van der Waals surface area (Å²) < 4.78 is 18.8. The van der Waals surface area contributed by atoms with Crippen LogP contribution in [0.2, 0.25) is 0 Å². The zero-order chi connectivity index (χ0) is 14.4. The van der Waals surface area contributed by atoms with Crippen molar-refractivity contribution in [1.82, 2.24) is 4.98 Å². The Labute approximate surface area is 117 Å². The van der Waals surface area contributed by atoms with E-state index in [0.29, 0.717) is 11.3 Å². The standard InChI is InChI=1S/C16H14FNO2/c1-12-4-2-8-18-15(12)11-20-16-7-6-14(17)10-13(16)5-3-9-19/h2,4,6-8,10,19H,9,11H2,1H3. The van der Waals surface area contributed by atoms with Crippen LogP contribution in [-0.4, -0.2) is 16.7 Å². The summed E-state index contributed by atoms with van der Waals surface area (Å²) in [6.07, 6.45) is 1.70. The predicted octanol–water partition coefficient (Wildman–Crippen LogP) is 2.45. The summed E-state index contributed by atoms with van der Waals surface area (Å²) >= 11 is 0. The van der Waals surface area contributed by atoms with Crippen molar-refractivity contribution < 1.29 is 14.2 Å². The van der Waals surface area contributed by atoms with E-state index in [1.807, 2.05) is 19.1 Å². The molecule has 0 radical (unpaired) electrons. The van der Waals surface area contributed by atoms with E-state index in [1.54, 1.807) is 6.20 Å². The lowest BCUT2D eigenvalue weighted by Gasteiger charge is -2.09. The number of benzene rings is 1. The van der Waals surface area contributed by atoms with Crippen molar-refractivity contribution >= 4 is 0 Å². The number of ether oxygens (including phenoxy) is 1. The Balaban J connectivity index is 2.19. The molecule has 2 aromatic rings. The Morgan fingerprint density at radius 2 is 2.20 bits per heavy atom. The van der Waals surface area contributed by atoms with Gasteiger partial charge in [-0.15, -0.1) is 0 Å². The van der Waals surface area contributed by atoms with Crippen LogP contribution in [0.25, 0.3) is 0 Å². The van der Waals surface area contributed by atoms with Gasteiger partial charge in [-0.2, -0.15) is 0 Å². The highest BCUT2D eigenvalue weighted by Gasteiger charge is 2.05. The number of nitrogens with zero attached hydrogens (tertiary/aromatic N) is 1. The lowest BCUT2D eigenvalue weighted by Crippen LogP contribution is -2.02. The van der Waals surface area contributed by atoms with Crippen LogP contribution >= 0.6 is 0 Å². The van der Waals surface area contributed by atoms with Gasteiger partial charge >= 0.3 is 0 Å². The molecule has 20 heavy (non-hydrogen) atoms. The average molecular weight is 271 g/mol. The van der Waals surface area contributed by atoms with Crippen molar-refractivity contribution in [1.29, 1.82) is 0 Å². The zero-order valence-electron chi connectivity index (χ0n) is 11.1. The monoisotopic (exact) mass is 271 g/mol. The molecule has 4 heteroatoms. The molecule has 0 saturated carbocycles. The second-order valence-corrected chi connectivity index (χ2v) is 4.16. The predicted molar refractivity (Wildman–Crippen MR) is 73.7 cm³/mol. The van der Waals surface area contributed by atoms with Crippen molar-refractivity contribution in [2.75, 3.05) is 6.61 Å². The van der Waals surface area contributed by atoms with Gasteiger partial charge in [0.1, 0.15) is 24.8 Å². The maximum absolute atomic E-state index is 13.2. The number of aliphatic hydroxyl groups is 1. The molecule has 3 nitrogen and oxygen atoms in total. The number of rotatable bonds is 3. The normalized spacial score (nSPS) is 9.75. The highest BCUT2D eigenvalue weighted by Crippen LogP contribution is 2.20. The maximum Gasteiger partial charge on any atom is 0.135 e. The number of hydrogen-bond acceptors (Lipinski definition) is 3. The van der Waals surface area contributed by atoms with Gasteiger partial charge in [0.2, 0.25) is 0 Å². The third kappa shape index (κ3) is 3.56. The Morgan fingerprint density at radius 3 is 2.95 bits per heavy atom. The number of pyridine rings is 1. The van der Waals surface area contributed by atoms with Crippen LogP contribution in [0.4, 0.5) is 4.39 Å². The molecule has 0 saturated heterocycles. The smallest absolute Gasteiger partial charge is 0.135 e. The summed E-state index contributed by atoms with van der Waals surface area (Å²) in [5.41, 5.74) is 2.25. The molecule has 0 aliphatic rings. The van der Waals surface area contributed by atoms with E-state index in [9.17, 15) is 4.39 Å². The van der Waals surface area contributed by atoms with Crippen LogP contribution in [0.5, 0.6) is 5.75 Å². The first-order chi connectivity index (χ1) is 9.70. The van der Waals surface area contributed by atoms with Gasteiger partial charge in [-0.25, -0.2) is 4.39 Å². The second kappa shape index (κ2) is 6.69. The summed E-state index contributed by atoms with van der Waals surface area (Å²) in [6, 6.07) is 7.92. The Kier molecular flexibility index (Phi) is 4.70. The molecule has 1 aromatic carbocycles. The number of hydrogen-bond donors (Lipinski definition) is 1. The maximum atomic E-state index is 13.2. The molecule has 0 fully saturated rings. The summed E-state index contributed by atoms with van der Waals surface area (Å²) in [5, 5.41) is 8.71. The van der Waals surface area contributed by atoms with Crippen LogP contribution in [0.3, 0.4) is 0 Å². The van der Waals surface area contributed by atoms with Crippen molar-refractivity contribution in [2.45, 2.75) is 13.5 Å². The molecule has 0 aliphatic carbocycles. The summed E-state index contributed by atoms with van der Waals surface area (Å²) in [7, 11) is 0. The number of aromatic nitrogens is 1. The Bertz CT molecular complexity index is 659. The van der Waals surface area contributed by atoms with E-state index >= 15 is 0 Å². The van der Waals surface area contributed by atoms with E-state index in [0.717, 1.165) is 11.3 Å². The molecule has 0 bridgehead atoms. The van der Waals surface area contributed by atoms with E-state index in [4.69, 9.17) is 9.84 Å². The fourth-order valence-corrected chi connectivity index (χ4v) is 1.68. The van der Waals surface area contributed by atoms with Gasteiger partial charge in [-0.3, -0.25) is 4.98 Å². The van der Waals surface area contributed by atoms with Crippen LogP contribution < -0.4 is 4.74 Å². The molecule has 0 aliphatic heterocycles. The number of halogens is 1. The highest BCUT2D eigenvalue weighted by atomic mass is 19.1. The molecule has 2 rings (SSSR count). The fraction of sp³-hybridized carbons (Fsp3) is 0.188. The summed E-state index contributed by atoms with van der Waals surface area (Å²) in [5.74, 6) is 5.23. The van der Waals surface area contributed by atoms with Gasteiger partial charge in [0.05, 0.1) is 11.3 Å². The van der Waals surface area contributed by atoms with Gasteiger partial charge in [-0.05, 0) is 36.8 Å². The first-order valence-corrected chi connectivity index (χ1v) is 6.13. The average Bonchev–Trinajstić information content (AvgIpc) is 2.45. The van der Waals surface area contributed by atoms with Crippen molar-refractivity contribution in [3.63, 3.8) is 0 Å². The molecular formula is C16H14FNO2. The molecule has 0 unspecified atom stereocenters. The highest BCUT2D eigenvalue weighted by molar-refractivity contribution is 5.46. The Morgan fingerprint density at radius 1 is 1.35 bits per heavy atom. The van der Waals surface area contributed by atoms with E-state index in [2.05, 4.69) is 16.8 Å². The van der Waals surface area contributed by atoms with Crippen LogP contribution in [0, 0.1) is 24.6 Å². The van der Waals surface area contributed by atoms with Crippen LogP contribution in [0.1, 0.15) is 16.8 Å². The fourth-order valence-electron chi connectivity index (χ4n) is 1.68. The minimum atomic E-state index is -0.395. The van der Waals surface area contributed by atoms with Gasteiger partial charge in [-0.1, -0.05) is 17.9 Å². The summed E-state index contributed by atoms with van der Waals surface area (Å²) in [4.78, 5) is 4.23. The molecule has 1 aromatic heterocycles. The van der Waals surface area contributed by atoms with E-state index < -0.39 is 5.82 Å². The molecule has 0 amide bonds. The minimum Gasteiger partial charge on any atom is -0.486 e. The van der Waals surface area contributed by atoms with Gasteiger partial charge in [0.15, 0.2) is 0 Å².